The Bertz CT molecular complexity index is 221. The smallest absolute Gasteiger partial charge is 0.0661 e. The number of unbranched alkanes of at least 4 members (excludes halogenated alkanes) is 1. The van der Waals surface area contributed by atoms with Crippen molar-refractivity contribution in [3.05, 3.63) is 0 Å². The van der Waals surface area contributed by atoms with Crippen LogP contribution < -0.4 is 5.32 Å². The molecule has 2 rings (SSSR count). The molecule has 2 saturated carbocycles. The van der Waals surface area contributed by atoms with Gasteiger partial charge in [-0.25, -0.2) is 0 Å². The fourth-order valence-electron chi connectivity index (χ4n) is 3.80. The second kappa shape index (κ2) is 6.19. The summed E-state index contributed by atoms with van der Waals surface area (Å²) in [6.45, 7) is 6.48. The number of ether oxygens (including phenoxy) is 1. The normalized spacial score (nSPS) is 31.4. The molecule has 17 heavy (non-hydrogen) atoms. The molecule has 2 fully saturated rings. The van der Waals surface area contributed by atoms with E-state index in [1.165, 1.54) is 57.9 Å². The molecule has 1 N–H and O–H groups in total. The summed E-state index contributed by atoms with van der Waals surface area (Å²) in [5.41, 5.74) is 0.502. The van der Waals surface area contributed by atoms with Crippen molar-refractivity contribution < 1.29 is 4.74 Å². The maximum absolute atomic E-state index is 5.97. The molecule has 2 atom stereocenters. The Hall–Kier alpha value is -0.0800. The van der Waals surface area contributed by atoms with Gasteiger partial charge < -0.3 is 10.1 Å². The fraction of sp³-hybridized carbons (Fsp3) is 1.00. The van der Waals surface area contributed by atoms with Crippen molar-refractivity contribution in [3.8, 4) is 0 Å². The summed E-state index contributed by atoms with van der Waals surface area (Å²) in [6.07, 6.45) is 11.4. The monoisotopic (exact) mass is 239 g/mol. The zero-order valence-corrected chi connectivity index (χ0v) is 11.6. The van der Waals surface area contributed by atoms with Gasteiger partial charge in [0.25, 0.3) is 0 Å². The molecular formula is C15H29NO. The van der Waals surface area contributed by atoms with E-state index in [-0.39, 0.29) is 0 Å². The minimum atomic E-state index is 0.502. The maximum atomic E-state index is 5.97. The van der Waals surface area contributed by atoms with E-state index in [0.29, 0.717) is 11.5 Å². The average molecular weight is 239 g/mol. The lowest BCUT2D eigenvalue weighted by atomic mass is 9.55. The standard InChI is InChI=1S/C15H29NO/c1-3-5-11-16-13-12-14(17-4-2)15(13)9-7-6-8-10-15/h13-14,16H,3-12H2,1-2H3. The molecule has 0 saturated heterocycles. The summed E-state index contributed by atoms with van der Waals surface area (Å²) in [5.74, 6) is 0. The van der Waals surface area contributed by atoms with Crippen molar-refractivity contribution >= 4 is 0 Å². The van der Waals surface area contributed by atoms with E-state index in [1.807, 2.05) is 0 Å². The lowest BCUT2D eigenvalue weighted by Gasteiger charge is -2.58. The highest BCUT2D eigenvalue weighted by Crippen LogP contribution is 2.53. The van der Waals surface area contributed by atoms with Gasteiger partial charge in [-0.3, -0.25) is 0 Å². The van der Waals surface area contributed by atoms with Gasteiger partial charge in [0.2, 0.25) is 0 Å². The highest BCUT2D eigenvalue weighted by atomic mass is 16.5. The van der Waals surface area contributed by atoms with Crippen LogP contribution in [0.25, 0.3) is 0 Å². The van der Waals surface area contributed by atoms with Gasteiger partial charge in [-0.15, -0.1) is 0 Å². The van der Waals surface area contributed by atoms with Crippen molar-refractivity contribution in [3.63, 3.8) is 0 Å². The summed E-state index contributed by atoms with van der Waals surface area (Å²) in [7, 11) is 0. The topological polar surface area (TPSA) is 21.3 Å². The van der Waals surface area contributed by atoms with Crippen LogP contribution in [0.1, 0.15) is 65.2 Å². The van der Waals surface area contributed by atoms with Crippen LogP contribution in [0.15, 0.2) is 0 Å². The molecule has 0 aliphatic heterocycles. The minimum Gasteiger partial charge on any atom is -0.378 e. The van der Waals surface area contributed by atoms with Gasteiger partial charge in [-0.2, -0.15) is 0 Å². The molecule has 2 aliphatic rings. The molecule has 2 nitrogen and oxygen atoms in total. The molecule has 2 aliphatic carbocycles. The Morgan fingerprint density at radius 1 is 1.18 bits per heavy atom. The van der Waals surface area contributed by atoms with Crippen LogP contribution in [-0.4, -0.2) is 25.3 Å². The molecule has 0 aromatic heterocycles. The predicted molar refractivity (Wildman–Crippen MR) is 72.2 cm³/mol. The first-order valence-corrected chi connectivity index (χ1v) is 7.68. The SMILES string of the molecule is CCCCNC1CC(OCC)C12CCCCC2. The molecule has 0 aromatic carbocycles. The third-order valence-corrected chi connectivity index (χ3v) is 4.86. The lowest BCUT2D eigenvalue weighted by Crippen LogP contribution is -2.64. The van der Waals surface area contributed by atoms with Crippen LogP contribution in [0.3, 0.4) is 0 Å². The largest absolute Gasteiger partial charge is 0.378 e. The fourth-order valence-corrected chi connectivity index (χ4v) is 3.80. The predicted octanol–water partition coefficient (Wildman–Crippen LogP) is 3.50. The maximum Gasteiger partial charge on any atom is 0.0661 e. The Balaban J connectivity index is 1.89. The second-order valence-electron chi connectivity index (χ2n) is 5.83. The summed E-state index contributed by atoms with van der Waals surface area (Å²) >= 11 is 0. The zero-order valence-electron chi connectivity index (χ0n) is 11.6. The van der Waals surface area contributed by atoms with Crippen LogP contribution in [0.5, 0.6) is 0 Å². The van der Waals surface area contributed by atoms with Crippen molar-refractivity contribution in [1.82, 2.24) is 5.32 Å². The van der Waals surface area contributed by atoms with E-state index in [2.05, 4.69) is 19.2 Å². The summed E-state index contributed by atoms with van der Waals surface area (Å²) in [5, 5.41) is 3.79. The second-order valence-corrected chi connectivity index (χ2v) is 5.83. The molecule has 1 spiro atoms. The van der Waals surface area contributed by atoms with Crippen molar-refractivity contribution in [2.75, 3.05) is 13.2 Å². The van der Waals surface area contributed by atoms with E-state index in [1.54, 1.807) is 0 Å². The summed E-state index contributed by atoms with van der Waals surface area (Å²) in [4.78, 5) is 0. The third kappa shape index (κ3) is 2.68. The first kappa shape index (κ1) is 13.4. The molecule has 0 amide bonds. The number of hydrogen-bond donors (Lipinski definition) is 1. The van der Waals surface area contributed by atoms with E-state index < -0.39 is 0 Å². The Morgan fingerprint density at radius 2 is 1.94 bits per heavy atom. The molecule has 0 aromatic rings. The van der Waals surface area contributed by atoms with Crippen LogP contribution in [0.4, 0.5) is 0 Å². The zero-order chi connectivity index (χ0) is 12.1. The van der Waals surface area contributed by atoms with Crippen molar-refractivity contribution in [2.24, 2.45) is 5.41 Å². The van der Waals surface area contributed by atoms with Gasteiger partial charge in [0, 0.05) is 18.1 Å². The van der Waals surface area contributed by atoms with Gasteiger partial charge in [0.05, 0.1) is 6.10 Å². The molecule has 100 valence electrons. The lowest BCUT2D eigenvalue weighted by molar-refractivity contribution is -0.149. The number of rotatable bonds is 6. The molecule has 2 heteroatoms. The van der Waals surface area contributed by atoms with Crippen LogP contribution >= 0.6 is 0 Å². The van der Waals surface area contributed by atoms with E-state index >= 15 is 0 Å². The third-order valence-electron chi connectivity index (χ3n) is 4.86. The highest BCUT2D eigenvalue weighted by Gasteiger charge is 2.55. The van der Waals surface area contributed by atoms with Gasteiger partial charge in [0.1, 0.15) is 0 Å². The van der Waals surface area contributed by atoms with E-state index in [0.717, 1.165) is 12.6 Å². The minimum absolute atomic E-state index is 0.502. The number of nitrogens with one attached hydrogen (secondary N) is 1. The molecule has 0 heterocycles. The first-order valence-electron chi connectivity index (χ1n) is 7.68. The summed E-state index contributed by atoms with van der Waals surface area (Å²) < 4.78 is 5.97. The van der Waals surface area contributed by atoms with Gasteiger partial charge in [-0.05, 0) is 39.2 Å². The quantitative estimate of drug-likeness (QED) is 0.716. The van der Waals surface area contributed by atoms with Crippen molar-refractivity contribution in [1.29, 1.82) is 0 Å². The van der Waals surface area contributed by atoms with Crippen LogP contribution in [0, 0.1) is 5.41 Å². The molecule has 0 bridgehead atoms. The molecule has 0 radical (unpaired) electrons. The van der Waals surface area contributed by atoms with Crippen LogP contribution in [0.2, 0.25) is 0 Å². The first-order chi connectivity index (χ1) is 8.33. The molecular weight excluding hydrogens is 210 g/mol. The Morgan fingerprint density at radius 3 is 2.59 bits per heavy atom. The van der Waals surface area contributed by atoms with Crippen molar-refractivity contribution in [2.45, 2.75) is 77.4 Å². The Labute approximate surface area is 107 Å². The van der Waals surface area contributed by atoms with E-state index in [4.69, 9.17) is 4.74 Å². The average Bonchev–Trinajstić information content (AvgIpc) is 2.38. The van der Waals surface area contributed by atoms with Gasteiger partial charge in [0.15, 0.2) is 0 Å². The number of hydrogen-bond acceptors (Lipinski definition) is 2. The Kier molecular flexibility index (Phi) is 4.87. The highest BCUT2D eigenvalue weighted by molar-refractivity contribution is 5.08. The van der Waals surface area contributed by atoms with Gasteiger partial charge in [-0.1, -0.05) is 32.6 Å². The van der Waals surface area contributed by atoms with E-state index in [9.17, 15) is 0 Å². The molecule has 2 unspecified atom stereocenters. The van der Waals surface area contributed by atoms with Gasteiger partial charge >= 0.3 is 0 Å². The van der Waals surface area contributed by atoms with Crippen LogP contribution in [-0.2, 0) is 4.74 Å². The summed E-state index contributed by atoms with van der Waals surface area (Å²) in [6, 6.07) is 0.742.